The predicted octanol–water partition coefficient (Wildman–Crippen LogP) is 2.05. The number of urea groups is 1. The summed E-state index contributed by atoms with van der Waals surface area (Å²) in [6.45, 7) is 2.93. The molecule has 1 heterocycles. The van der Waals surface area contributed by atoms with Crippen molar-refractivity contribution in [1.82, 2.24) is 10.2 Å². The Morgan fingerprint density at radius 2 is 2.05 bits per heavy atom. The highest BCUT2D eigenvalue weighted by Crippen LogP contribution is 2.32. The van der Waals surface area contributed by atoms with Crippen LogP contribution in [0.1, 0.15) is 31.2 Å². The first-order valence-electron chi connectivity index (χ1n) is 6.91. The Morgan fingerprint density at radius 3 is 2.70 bits per heavy atom. The number of rotatable bonds is 4. The minimum absolute atomic E-state index is 0.0456. The zero-order valence-corrected chi connectivity index (χ0v) is 11.6. The topological polar surface area (TPSA) is 69.6 Å². The van der Waals surface area contributed by atoms with Crippen molar-refractivity contribution in [3.05, 3.63) is 35.9 Å². The van der Waals surface area contributed by atoms with Crippen LogP contribution in [0.3, 0.4) is 0 Å². The van der Waals surface area contributed by atoms with E-state index in [1.54, 1.807) is 4.90 Å². The molecule has 0 radical (unpaired) electrons. The molecule has 2 atom stereocenters. The molecule has 1 aliphatic rings. The molecule has 2 amide bonds. The zero-order chi connectivity index (χ0) is 14.5. The highest BCUT2D eigenvalue weighted by molar-refractivity contribution is 5.76. The third-order valence-electron chi connectivity index (χ3n) is 3.86. The Bertz CT molecular complexity index is 475. The molecule has 1 aliphatic heterocycles. The van der Waals surface area contributed by atoms with Gasteiger partial charge < -0.3 is 15.3 Å². The molecular weight excluding hydrogens is 256 g/mol. The number of hydrogen-bond acceptors (Lipinski definition) is 2. The summed E-state index contributed by atoms with van der Waals surface area (Å²) in [5.74, 6) is -0.552. The monoisotopic (exact) mass is 276 g/mol. The minimum atomic E-state index is -0.901. The highest BCUT2D eigenvalue weighted by Gasteiger charge is 2.34. The first-order valence-corrected chi connectivity index (χ1v) is 6.91. The summed E-state index contributed by atoms with van der Waals surface area (Å²) in [6, 6.07) is 10.1. The van der Waals surface area contributed by atoms with Crippen molar-refractivity contribution in [1.29, 1.82) is 0 Å². The summed E-state index contributed by atoms with van der Waals surface area (Å²) >= 11 is 0. The zero-order valence-electron chi connectivity index (χ0n) is 11.6. The van der Waals surface area contributed by atoms with E-state index in [-0.39, 0.29) is 25.0 Å². The largest absolute Gasteiger partial charge is 0.481 e. The number of benzene rings is 1. The van der Waals surface area contributed by atoms with Gasteiger partial charge in [0.05, 0.1) is 6.42 Å². The third-order valence-corrected chi connectivity index (χ3v) is 3.86. The van der Waals surface area contributed by atoms with Gasteiger partial charge in [0, 0.05) is 25.0 Å². The lowest BCUT2D eigenvalue weighted by Crippen LogP contribution is -2.43. The van der Waals surface area contributed by atoms with Crippen molar-refractivity contribution in [2.24, 2.45) is 0 Å². The fourth-order valence-electron chi connectivity index (χ4n) is 2.75. The second-order valence-corrected chi connectivity index (χ2v) is 5.12. The van der Waals surface area contributed by atoms with Crippen molar-refractivity contribution < 1.29 is 14.7 Å². The van der Waals surface area contributed by atoms with Gasteiger partial charge in [-0.3, -0.25) is 4.79 Å². The van der Waals surface area contributed by atoms with E-state index in [1.165, 1.54) is 5.56 Å². The molecule has 1 saturated heterocycles. The molecule has 1 aromatic rings. The van der Waals surface area contributed by atoms with Crippen molar-refractivity contribution >= 4 is 12.0 Å². The van der Waals surface area contributed by atoms with Crippen LogP contribution in [0.5, 0.6) is 0 Å². The first-order chi connectivity index (χ1) is 9.59. The first kappa shape index (κ1) is 14.4. The van der Waals surface area contributed by atoms with E-state index in [0.29, 0.717) is 12.5 Å². The summed E-state index contributed by atoms with van der Waals surface area (Å²) in [5, 5.41) is 11.2. The lowest BCUT2D eigenvalue weighted by atomic mass is 9.93. The molecule has 108 valence electrons. The van der Waals surface area contributed by atoms with Crippen LogP contribution in [0.15, 0.2) is 30.3 Å². The molecule has 0 spiro atoms. The number of nitrogens with zero attached hydrogens (tertiary/aromatic N) is 1. The Labute approximate surface area is 118 Å². The van der Waals surface area contributed by atoms with E-state index in [1.807, 2.05) is 25.1 Å². The Morgan fingerprint density at radius 1 is 1.35 bits per heavy atom. The van der Waals surface area contributed by atoms with Crippen LogP contribution in [-0.4, -0.2) is 41.1 Å². The van der Waals surface area contributed by atoms with Crippen molar-refractivity contribution in [3.63, 3.8) is 0 Å². The Balaban J connectivity index is 1.92. The van der Waals surface area contributed by atoms with Crippen LogP contribution in [-0.2, 0) is 4.79 Å². The van der Waals surface area contributed by atoms with Crippen LogP contribution >= 0.6 is 0 Å². The fraction of sp³-hybridized carbons (Fsp3) is 0.467. The molecule has 0 saturated carbocycles. The van der Waals surface area contributed by atoms with Crippen molar-refractivity contribution in [2.75, 3.05) is 13.1 Å². The molecule has 5 nitrogen and oxygen atoms in total. The average Bonchev–Trinajstić information content (AvgIpc) is 2.81. The molecule has 1 fully saturated rings. The number of hydrogen-bond donors (Lipinski definition) is 2. The molecule has 0 bridgehead atoms. The van der Waals surface area contributed by atoms with Crippen molar-refractivity contribution in [2.45, 2.75) is 31.7 Å². The van der Waals surface area contributed by atoms with E-state index in [2.05, 4.69) is 17.4 Å². The summed E-state index contributed by atoms with van der Waals surface area (Å²) in [4.78, 5) is 24.3. The van der Waals surface area contributed by atoms with Crippen LogP contribution < -0.4 is 5.32 Å². The fourth-order valence-corrected chi connectivity index (χ4v) is 2.75. The van der Waals surface area contributed by atoms with Gasteiger partial charge in [-0.25, -0.2) is 4.79 Å². The van der Waals surface area contributed by atoms with E-state index in [4.69, 9.17) is 5.11 Å². The molecule has 0 aromatic heterocycles. The lowest BCUT2D eigenvalue weighted by molar-refractivity contribution is -0.136. The Kier molecular flexibility index (Phi) is 4.61. The number of carbonyl (C=O) groups is 2. The van der Waals surface area contributed by atoms with Gasteiger partial charge in [0.2, 0.25) is 0 Å². The van der Waals surface area contributed by atoms with Gasteiger partial charge in [-0.2, -0.15) is 0 Å². The van der Waals surface area contributed by atoms with Gasteiger partial charge >= 0.3 is 12.0 Å². The molecule has 5 heteroatoms. The maximum Gasteiger partial charge on any atom is 0.317 e. The van der Waals surface area contributed by atoms with Crippen LogP contribution in [0.4, 0.5) is 4.79 Å². The molecular formula is C15H20N2O3. The van der Waals surface area contributed by atoms with Gasteiger partial charge in [-0.1, -0.05) is 30.3 Å². The van der Waals surface area contributed by atoms with Crippen molar-refractivity contribution in [3.8, 4) is 0 Å². The molecule has 0 aliphatic carbocycles. The smallest absolute Gasteiger partial charge is 0.317 e. The van der Waals surface area contributed by atoms with Gasteiger partial charge in [-0.15, -0.1) is 0 Å². The third kappa shape index (κ3) is 3.29. The SMILES string of the molecule is CC1C(c2ccccc2)CCN1C(=O)NCCC(=O)O. The minimum Gasteiger partial charge on any atom is -0.481 e. The maximum atomic E-state index is 12.0. The van der Waals surface area contributed by atoms with Crippen LogP contribution in [0, 0.1) is 0 Å². The number of nitrogens with one attached hydrogen (secondary N) is 1. The van der Waals surface area contributed by atoms with E-state index in [9.17, 15) is 9.59 Å². The summed E-state index contributed by atoms with van der Waals surface area (Å²) < 4.78 is 0. The predicted molar refractivity (Wildman–Crippen MR) is 75.6 cm³/mol. The second-order valence-electron chi connectivity index (χ2n) is 5.12. The number of likely N-dealkylation sites (tertiary alicyclic amines) is 1. The lowest BCUT2D eigenvalue weighted by Gasteiger charge is -2.25. The summed E-state index contributed by atoms with van der Waals surface area (Å²) in [5.41, 5.74) is 1.25. The molecule has 2 rings (SSSR count). The quantitative estimate of drug-likeness (QED) is 0.884. The average molecular weight is 276 g/mol. The second kappa shape index (κ2) is 6.41. The number of carboxylic acids is 1. The van der Waals surface area contributed by atoms with Gasteiger partial charge in [0.1, 0.15) is 0 Å². The van der Waals surface area contributed by atoms with Crippen LogP contribution in [0.25, 0.3) is 0 Å². The number of carboxylic acid groups (broad SMARTS) is 1. The normalized spacial score (nSPS) is 21.8. The number of carbonyl (C=O) groups excluding carboxylic acids is 1. The molecule has 20 heavy (non-hydrogen) atoms. The standard InChI is InChI=1S/C15H20N2O3/c1-11-13(12-5-3-2-4-6-12)8-10-17(11)15(20)16-9-7-14(18)19/h2-6,11,13H,7-10H2,1H3,(H,16,20)(H,18,19). The summed E-state index contributed by atoms with van der Waals surface area (Å²) in [6.07, 6.45) is 0.896. The number of aliphatic carboxylic acids is 1. The van der Waals surface area contributed by atoms with Crippen LogP contribution in [0.2, 0.25) is 0 Å². The maximum absolute atomic E-state index is 12.0. The molecule has 2 N–H and O–H groups in total. The van der Waals surface area contributed by atoms with E-state index >= 15 is 0 Å². The number of amides is 2. The molecule has 1 aromatic carbocycles. The van der Waals surface area contributed by atoms with E-state index < -0.39 is 5.97 Å². The Hall–Kier alpha value is -2.04. The van der Waals surface area contributed by atoms with E-state index in [0.717, 1.165) is 6.42 Å². The van der Waals surface area contributed by atoms with Gasteiger partial charge in [0.25, 0.3) is 0 Å². The van der Waals surface area contributed by atoms with Gasteiger partial charge in [-0.05, 0) is 18.9 Å². The summed E-state index contributed by atoms with van der Waals surface area (Å²) in [7, 11) is 0. The van der Waals surface area contributed by atoms with Gasteiger partial charge in [0.15, 0.2) is 0 Å². The highest BCUT2D eigenvalue weighted by atomic mass is 16.4. The molecule has 2 unspecified atom stereocenters.